The normalized spacial score (nSPS) is 14.3. The van der Waals surface area contributed by atoms with Gasteiger partial charge in [0.1, 0.15) is 23.1 Å². The van der Waals surface area contributed by atoms with E-state index in [-0.39, 0.29) is 0 Å². The van der Waals surface area contributed by atoms with Gasteiger partial charge in [-0.05, 0) is 13.1 Å². The highest BCUT2D eigenvalue weighted by Gasteiger charge is 2.23. The first-order chi connectivity index (χ1) is 16.5. The average Bonchev–Trinajstić information content (AvgIpc) is 2.87. The fraction of sp³-hybridized carbons (Fsp3) is 0.400. The van der Waals surface area contributed by atoms with E-state index in [1.807, 2.05) is 13.8 Å². The topological polar surface area (TPSA) is 74.5 Å². The summed E-state index contributed by atoms with van der Waals surface area (Å²) in [5, 5.41) is 10.3. The predicted octanol–water partition coefficient (Wildman–Crippen LogP) is 5.27. The van der Waals surface area contributed by atoms with Crippen molar-refractivity contribution >= 4 is 34.2 Å². The monoisotopic (exact) mass is 501 g/mol. The Hall–Kier alpha value is -2.63. The molecule has 9 heteroatoms. The Morgan fingerprint density at radius 2 is 1.62 bits per heavy atom. The predicted molar refractivity (Wildman–Crippen MR) is 137 cm³/mol. The Kier molecular flexibility index (Phi) is 8.92. The SMILES string of the molecule is CC.COc1cc(OC)c(Cl)c(-c2ccc(C#N)c3ncc(CN4CCN(C)CC4)nc23)c1Cl. The van der Waals surface area contributed by atoms with Gasteiger partial charge in [0.15, 0.2) is 0 Å². The minimum Gasteiger partial charge on any atom is -0.495 e. The number of nitriles is 1. The van der Waals surface area contributed by atoms with E-state index in [4.69, 9.17) is 37.7 Å². The minimum absolute atomic E-state index is 0.343. The molecule has 1 aliphatic rings. The molecule has 4 rings (SSSR count). The molecule has 1 saturated heterocycles. The van der Waals surface area contributed by atoms with Crippen molar-refractivity contribution in [2.75, 3.05) is 47.4 Å². The maximum Gasteiger partial charge on any atom is 0.141 e. The number of piperazine rings is 1. The van der Waals surface area contributed by atoms with Gasteiger partial charge in [-0.15, -0.1) is 0 Å². The molecule has 0 saturated carbocycles. The first kappa shape index (κ1) is 26.0. The zero-order valence-electron chi connectivity index (χ0n) is 20.2. The van der Waals surface area contributed by atoms with Crippen LogP contribution in [0.4, 0.5) is 0 Å². The van der Waals surface area contributed by atoms with E-state index in [1.54, 1.807) is 24.4 Å². The van der Waals surface area contributed by atoms with Crippen LogP contribution in [0, 0.1) is 11.3 Å². The highest BCUT2D eigenvalue weighted by atomic mass is 35.5. The van der Waals surface area contributed by atoms with Crippen LogP contribution in [0.5, 0.6) is 11.5 Å². The standard InChI is InChI=1S/C23H23Cl2N5O2.C2H6/c1-29-6-8-30(9-7-29)13-15-12-27-22-14(11-26)4-5-16(23(22)28-15)19-20(24)17(31-2)10-18(32-3)21(19)25;1-2/h4-5,10,12H,6-9,13H2,1-3H3;1-2H3. The van der Waals surface area contributed by atoms with E-state index in [0.29, 0.717) is 55.8 Å². The first-order valence-electron chi connectivity index (χ1n) is 11.2. The second-order valence-corrected chi connectivity index (χ2v) is 8.45. The van der Waals surface area contributed by atoms with Gasteiger partial charge in [-0.1, -0.05) is 43.1 Å². The number of methoxy groups -OCH3 is 2. The number of likely N-dealkylation sites (N-methyl/N-ethyl adjacent to an activating group) is 1. The Labute approximate surface area is 210 Å². The third-order valence-electron chi connectivity index (χ3n) is 5.69. The summed E-state index contributed by atoms with van der Waals surface area (Å²) in [4.78, 5) is 14.1. The largest absolute Gasteiger partial charge is 0.495 e. The van der Waals surface area contributed by atoms with Gasteiger partial charge in [0.25, 0.3) is 0 Å². The number of halogens is 2. The van der Waals surface area contributed by atoms with Gasteiger partial charge in [0, 0.05) is 49.9 Å². The molecule has 34 heavy (non-hydrogen) atoms. The molecular formula is C25H29Cl2N5O2. The molecule has 0 unspecified atom stereocenters. The zero-order chi connectivity index (χ0) is 24.8. The molecule has 3 aromatic rings. The summed E-state index contributed by atoms with van der Waals surface area (Å²) in [7, 11) is 5.19. The van der Waals surface area contributed by atoms with E-state index in [2.05, 4.69) is 27.9 Å². The summed E-state index contributed by atoms with van der Waals surface area (Å²) in [5.41, 5.74) is 3.52. The quantitative estimate of drug-likeness (QED) is 0.471. The lowest BCUT2D eigenvalue weighted by Gasteiger charge is -2.32. The molecule has 180 valence electrons. The van der Waals surface area contributed by atoms with E-state index in [9.17, 15) is 5.26 Å². The lowest BCUT2D eigenvalue weighted by molar-refractivity contribution is 0.147. The zero-order valence-corrected chi connectivity index (χ0v) is 21.7. The van der Waals surface area contributed by atoms with Crippen molar-refractivity contribution in [1.82, 2.24) is 19.8 Å². The average molecular weight is 502 g/mol. The molecule has 0 atom stereocenters. The number of fused-ring (bicyclic) bond motifs is 1. The maximum absolute atomic E-state index is 9.60. The second kappa shape index (κ2) is 11.7. The molecule has 1 aliphatic heterocycles. The number of rotatable bonds is 5. The smallest absolute Gasteiger partial charge is 0.141 e. The molecular weight excluding hydrogens is 473 g/mol. The van der Waals surface area contributed by atoms with Crippen molar-refractivity contribution < 1.29 is 9.47 Å². The van der Waals surface area contributed by atoms with E-state index in [1.165, 1.54) is 14.2 Å². The number of aromatic nitrogens is 2. The van der Waals surface area contributed by atoms with E-state index < -0.39 is 0 Å². The summed E-state index contributed by atoms with van der Waals surface area (Å²) in [6, 6.07) is 7.33. The minimum atomic E-state index is 0.343. The first-order valence-corrected chi connectivity index (χ1v) is 11.9. The number of benzene rings is 2. The number of ether oxygens (including phenoxy) is 2. The molecule has 0 radical (unpaired) electrons. The summed E-state index contributed by atoms with van der Waals surface area (Å²) in [5.74, 6) is 0.865. The molecule has 0 bridgehead atoms. The molecule has 1 fully saturated rings. The molecule has 0 amide bonds. The van der Waals surface area contributed by atoms with E-state index in [0.717, 1.165) is 31.9 Å². The lowest BCUT2D eigenvalue weighted by Crippen LogP contribution is -2.44. The third kappa shape index (κ3) is 5.21. The van der Waals surface area contributed by atoms with Gasteiger partial charge in [-0.2, -0.15) is 5.26 Å². The van der Waals surface area contributed by atoms with Crippen LogP contribution in [-0.4, -0.2) is 67.2 Å². The van der Waals surface area contributed by atoms with Crippen molar-refractivity contribution in [3.05, 3.63) is 45.7 Å². The van der Waals surface area contributed by atoms with Gasteiger partial charge in [-0.25, -0.2) is 4.98 Å². The van der Waals surface area contributed by atoms with Gasteiger partial charge < -0.3 is 14.4 Å². The van der Waals surface area contributed by atoms with Crippen molar-refractivity contribution in [3.63, 3.8) is 0 Å². The summed E-state index contributed by atoms with van der Waals surface area (Å²) in [6.45, 7) is 8.63. The Morgan fingerprint density at radius 1 is 1.00 bits per heavy atom. The summed E-state index contributed by atoms with van der Waals surface area (Å²) >= 11 is 13.3. The van der Waals surface area contributed by atoms with Crippen LogP contribution in [0.15, 0.2) is 24.4 Å². The molecule has 0 aliphatic carbocycles. The Morgan fingerprint density at radius 3 is 2.18 bits per heavy atom. The second-order valence-electron chi connectivity index (χ2n) is 7.69. The van der Waals surface area contributed by atoms with Crippen molar-refractivity contribution in [2.45, 2.75) is 20.4 Å². The molecule has 2 heterocycles. The van der Waals surface area contributed by atoms with Gasteiger partial charge in [0.2, 0.25) is 0 Å². The van der Waals surface area contributed by atoms with Crippen molar-refractivity contribution in [2.24, 2.45) is 0 Å². The van der Waals surface area contributed by atoms with Gasteiger partial charge >= 0.3 is 0 Å². The van der Waals surface area contributed by atoms with Crippen molar-refractivity contribution in [3.8, 4) is 28.7 Å². The van der Waals surface area contributed by atoms with Crippen LogP contribution in [0.3, 0.4) is 0 Å². The lowest BCUT2D eigenvalue weighted by atomic mass is 10.00. The molecule has 2 aromatic carbocycles. The Balaban J connectivity index is 0.00000158. The fourth-order valence-electron chi connectivity index (χ4n) is 3.86. The molecule has 0 N–H and O–H groups in total. The van der Waals surface area contributed by atoms with Crippen molar-refractivity contribution in [1.29, 1.82) is 5.26 Å². The van der Waals surface area contributed by atoms with Crippen LogP contribution in [0.25, 0.3) is 22.2 Å². The summed E-state index contributed by atoms with van der Waals surface area (Å²) in [6.07, 6.45) is 1.74. The van der Waals surface area contributed by atoms with Crippen LogP contribution in [0.1, 0.15) is 25.1 Å². The third-order valence-corrected chi connectivity index (χ3v) is 6.44. The van der Waals surface area contributed by atoms with Crippen LogP contribution < -0.4 is 9.47 Å². The van der Waals surface area contributed by atoms with Crippen LogP contribution in [0.2, 0.25) is 10.0 Å². The highest BCUT2D eigenvalue weighted by Crippen LogP contribution is 2.47. The Bertz CT molecular complexity index is 1180. The van der Waals surface area contributed by atoms with Gasteiger partial charge in [0.05, 0.1) is 47.2 Å². The van der Waals surface area contributed by atoms with Crippen LogP contribution in [-0.2, 0) is 6.54 Å². The van der Waals surface area contributed by atoms with E-state index >= 15 is 0 Å². The fourth-order valence-corrected chi connectivity index (χ4v) is 4.56. The maximum atomic E-state index is 9.60. The van der Waals surface area contributed by atoms with Crippen LogP contribution >= 0.6 is 23.2 Å². The highest BCUT2D eigenvalue weighted by molar-refractivity contribution is 6.41. The number of hydrogen-bond donors (Lipinski definition) is 0. The van der Waals surface area contributed by atoms with Gasteiger partial charge in [-0.3, -0.25) is 9.88 Å². The number of hydrogen-bond acceptors (Lipinski definition) is 7. The summed E-state index contributed by atoms with van der Waals surface area (Å²) < 4.78 is 10.8. The molecule has 7 nitrogen and oxygen atoms in total. The number of nitrogens with zero attached hydrogens (tertiary/aromatic N) is 5. The molecule has 0 spiro atoms. The molecule has 1 aromatic heterocycles.